The summed E-state index contributed by atoms with van der Waals surface area (Å²) in [6.07, 6.45) is 4.33. The van der Waals surface area contributed by atoms with Crippen LogP contribution in [-0.4, -0.2) is 22.1 Å². The summed E-state index contributed by atoms with van der Waals surface area (Å²) < 4.78 is 33.2. The van der Waals surface area contributed by atoms with Crippen molar-refractivity contribution in [2.45, 2.75) is 58.3 Å². The minimum atomic E-state index is -3.48. The lowest BCUT2D eigenvalue weighted by molar-refractivity contribution is 0.413. The number of methoxy groups -OCH3 is 1. The lowest BCUT2D eigenvalue weighted by atomic mass is 10.00. The van der Waals surface area contributed by atoms with Gasteiger partial charge >= 0.3 is 0 Å². The van der Waals surface area contributed by atoms with Gasteiger partial charge in [-0.3, -0.25) is 0 Å². The Labute approximate surface area is 135 Å². The normalized spacial score (nSPS) is 13.1. The highest BCUT2D eigenvalue weighted by molar-refractivity contribution is 7.89. The summed E-state index contributed by atoms with van der Waals surface area (Å²) in [5.41, 5.74) is 1.43. The van der Waals surface area contributed by atoms with E-state index in [9.17, 15) is 8.42 Å². The Kier molecular flexibility index (Phi) is 7.36. The van der Waals surface area contributed by atoms with Crippen molar-refractivity contribution in [1.29, 1.82) is 0 Å². The molecule has 1 unspecified atom stereocenters. The Hall–Kier alpha value is -1.07. The first-order valence-corrected chi connectivity index (χ1v) is 9.48. The standard InChI is InChI=1S/C17H29NO3S/c1-6-8-9-15(7-2)12-18-22(19,20)17-13(3)10-16(21-5)11-14(17)4/h10-11,15,18H,6-9,12H2,1-5H3. The maximum atomic E-state index is 12.6. The average Bonchev–Trinajstić information content (AvgIpc) is 2.46. The summed E-state index contributed by atoms with van der Waals surface area (Å²) in [7, 11) is -1.90. The Morgan fingerprint density at radius 2 is 1.77 bits per heavy atom. The second-order valence-electron chi connectivity index (χ2n) is 5.86. The Morgan fingerprint density at radius 3 is 2.23 bits per heavy atom. The molecule has 0 heterocycles. The topological polar surface area (TPSA) is 55.4 Å². The summed E-state index contributed by atoms with van der Waals surface area (Å²) in [5.74, 6) is 1.08. The van der Waals surface area contributed by atoms with Crippen molar-refractivity contribution in [2.75, 3.05) is 13.7 Å². The van der Waals surface area contributed by atoms with Crippen molar-refractivity contribution in [1.82, 2.24) is 4.72 Å². The summed E-state index contributed by atoms with van der Waals surface area (Å²) in [6.45, 7) is 8.38. The summed E-state index contributed by atoms with van der Waals surface area (Å²) in [4.78, 5) is 0.374. The molecule has 0 fully saturated rings. The number of aryl methyl sites for hydroxylation is 2. The molecule has 126 valence electrons. The minimum Gasteiger partial charge on any atom is -0.497 e. The molecule has 1 N–H and O–H groups in total. The molecule has 0 aliphatic heterocycles. The SMILES string of the molecule is CCCCC(CC)CNS(=O)(=O)c1c(C)cc(OC)cc1C. The van der Waals surface area contributed by atoms with Gasteiger partial charge in [0.25, 0.3) is 0 Å². The van der Waals surface area contributed by atoms with Crippen molar-refractivity contribution in [3.05, 3.63) is 23.3 Å². The predicted octanol–water partition coefficient (Wildman–Crippen LogP) is 3.81. The van der Waals surface area contributed by atoms with Crippen molar-refractivity contribution in [3.8, 4) is 5.75 Å². The number of ether oxygens (including phenoxy) is 1. The smallest absolute Gasteiger partial charge is 0.241 e. The molecule has 0 saturated carbocycles. The summed E-state index contributed by atoms with van der Waals surface area (Å²) >= 11 is 0. The van der Waals surface area contributed by atoms with Crippen LogP contribution in [0.4, 0.5) is 0 Å². The van der Waals surface area contributed by atoms with E-state index in [-0.39, 0.29) is 0 Å². The number of unbranched alkanes of at least 4 members (excludes halogenated alkanes) is 1. The van der Waals surface area contributed by atoms with Crippen LogP contribution in [0.5, 0.6) is 5.75 Å². The number of rotatable bonds is 9. The first-order chi connectivity index (χ1) is 10.4. The maximum absolute atomic E-state index is 12.6. The third kappa shape index (κ3) is 4.99. The van der Waals surface area contributed by atoms with E-state index >= 15 is 0 Å². The van der Waals surface area contributed by atoms with Gasteiger partial charge in [-0.2, -0.15) is 0 Å². The van der Waals surface area contributed by atoms with Gasteiger partial charge in [0.15, 0.2) is 0 Å². The van der Waals surface area contributed by atoms with Crippen molar-refractivity contribution >= 4 is 10.0 Å². The van der Waals surface area contributed by atoms with Gasteiger partial charge in [-0.05, 0) is 49.4 Å². The molecule has 22 heavy (non-hydrogen) atoms. The fraction of sp³-hybridized carbons (Fsp3) is 0.647. The van der Waals surface area contributed by atoms with Gasteiger partial charge in [-0.15, -0.1) is 0 Å². The van der Waals surface area contributed by atoms with E-state index in [0.29, 0.717) is 34.2 Å². The van der Waals surface area contributed by atoms with E-state index in [0.717, 1.165) is 25.7 Å². The van der Waals surface area contributed by atoms with Crippen molar-refractivity contribution < 1.29 is 13.2 Å². The van der Waals surface area contributed by atoms with Gasteiger partial charge in [0.2, 0.25) is 10.0 Å². The zero-order valence-corrected chi connectivity index (χ0v) is 15.2. The van der Waals surface area contributed by atoms with Crippen LogP contribution in [-0.2, 0) is 10.0 Å². The third-order valence-electron chi connectivity index (χ3n) is 4.04. The predicted molar refractivity (Wildman–Crippen MR) is 91.0 cm³/mol. The zero-order valence-electron chi connectivity index (χ0n) is 14.4. The maximum Gasteiger partial charge on any atom is 0.241 e. The van der Waals surface area contributed by atoms with Gasteiger partial charge in [0, 0.05) is 6.54 Å². The summed E-state index contributed by atoms with van der Waals surface area (Å²) in [5, 5.41) is 0. The Balaban J connectivity index is 2.91. The van der Waals surface area contributed by atoms with Gasteiger partial charge in [-0.25, -0.2) is 13.1 Å². The second kappa shape index (κ2) is 8.53. The molecular formula is C17H29NO3S. The monoisotopic (exact) mass is 327 g/mol. The fourth-order valence-corrected chi connectivity index (χ4v) is 4.26. The number of nitrogens with one attached hydrogen (secondary N) is 1. The summed E-state index contributed by atoms with van der Waals surface area (Å²) in [6, 6.07) is 3.52. The van der Waals surface area contributed by atoms with Gasteiger partial charge in [0.05, 0.1) is 12.0 Å². The molecule has 0 aromatic heterocycles. The van der Waals surface area contributed by atoms with Crippen LogP contribution in [0.15, 0.2) is 17.0 Å². The van der Waals surface area contributed by atoms with Crippen LogP contribution in [0.25, 0.3) is 0 Å². The van der Waals surface area contributed by atoms with Gasteiger partial charge < -0.3 is 4.74 Å². The lowest BCUT2D eigenvalue weighted by Gasteiger charge is -2.17. The van der Waals surface area contributed by atoms with Crippen LogP contribution in [0, 0.1) is 19.8 Å². The number of hydrogen-bond donors (Lipinski definition) is 1. The molecule has 0 aliphatic carbocycles. The first-order valence-electron chi connectivity index (χ1n) is 8.00. The van der Waals surface area contributed by atoms with Crippen LogP contribution in [0.1, 0.15) is 50.7 Å². The van der Waals surface area contributed by atoms with Crippen LogP contribution in [0.2, 0.25) is 0 Å². The molecular weight excluding hydrogens is 298 g/mol. The highest BCUT2D eigenvalue weighted by Gasteiger charge is 2.21. The lowest BCUT2D eigenvalue weighted by Crippen LogP contribution is -2.30. The first kappa shape index (κ1) is 19.0. The Bertz CT molecular complexity index is 559. The van der Waals surface area contributed by atoms with E-state index in [2.05, 4.69) is 18.6 Å². The highest BCUT2D eigenvalue weighted by Crippen LogP contribution is 2.25. The van der Waals surface area contributed by atoms with Gasteiger partial charge in [-0.1, -0.05) is 33.1 Å². The molecule has 5 heteroatoms. The minimum absolute atomic E-state index is 0.374. The molecule has 1 aromatic rings. The molecule has 1 aromatic carbocycles. The second-order valence-corrected chi connectivity index (χ2v) is 7.56. The molecule has 0 bridgehead atoms. The zero-order chi connectivity index (χ0) is 16.8. The molecule has 4 nitrogen and oxygen atoms in total. The quantitative estimate of drug-likeness (QED) is 0.750. The van der Waals surface area contributed by atoms with E-state index in [4.69, 9.17) is 4.74 Å². The molecule has 0 amide bonds. The largest absolute Gasteiger partial charge is 0.497 e. The Morgan fingerprint density at radius 1 is 1.18 bits per heavy atom. The number of hydrogen-bond acceptors (Lipinski definition) is 3. The van der Waals surface area contributed by atoms with Crippen LogP contribution < -0.4 is 9.46 Å². The molecule has 0 radical (unpaired) electrons. The molecule has 0 spiro atoms. The molecule has 0 aliphatic rings. The van der Waals surface area contributed by atoms with E-state index in [1.165, 1.54) is 0 Å². The number of sulfonamides is 1. The highest BCUT2D eigenvalue weighted by atomic mass is 32.2. The third-order valence-corrected chi connectivity index (χ3v) is 5.77. The van der Waals surface area contributed by atoms with E-state index in [1.807, 2.05) is 0 Å². The molecule has 0 saturated heterocycles. The van der Waals surface area contributed by atoms with E-state index < -0.39 is 10.0 Å². The fourth-order valence-electron chi connectivity index (χ4n) is 2.70. The number of benzene rings is 1. The molecule has 1 atom stereocenters. The van der Waals surface area contributed by atoms with Crippen LogP contribution in [0.3, 0.4) is 0 Å². The van der Waals surface area contributed by atoms with Crippen molar-refractivity contribution in [3.63, 3.8) is 0 Å². The van der Waals surface area contributed by atoms with Crippen molar-refractivity contribution in [2.24, 2.45) is 5.92 Å². The van der Waals surface area contributed by atoms with Gasteiger partial charge in [0.1, 0.15) is 5.75 Å². The molecule has 1 rings (SSSR count). The van der Waals surface area contributed by atoms with Crippen LogP contribution >= 0.6 is 0 Å². The van der Waals surface area contributed by atoms with E-state index in [1.54, 1.807) is 33.1 Å². The average molecular weight is 327 g/mol.